The molecule has 4 heteroatoms. The molecule has 0 N–H and O–H groups in total. The Kier molecular flexibility index (Phi) is 10.3. The molecule has 0 fully saturated rings. The molecule has 0 bridgehead atoms. The molecule has 0 spiro atoms. The van der Waals surface area contributed by atoms with Crippen LogP contribution in [0, 0.1) is 6.08 Å². The molecule has 0 atom stereocenters. The molecule has 0 saturated heterocycles. The fourth-order valence-corrected chi connectivity index (χ4v) is 1.27. The van der Waals surface area contributed by atoms with E-state index in [1.54, 1.807) is 0 Å². The number of rotatable bonds is 2. The Hall–Kier alpha value is -0.258. The predicted octanol–water partition coefficient (Wildman–Crippen LogP) is -3.68. The Bertz CT molecular complexity index is 323. The van der Waals surface area contributed by atoms with Gasteiger partial charge in [-0.15, -0.1) is 6.42 Å². The molecule has 0 amide bonds. The number of nitrogens with zero attached hydrogens (tertiary/aromatic N) is 1. The molecule has 1 nitrogen and oxygen atoms in total. The molecule has 1 heterocycles. The molecule has 1 radical (unpaired) electrons. The van der Waals surface area contributed by atoms with Crippen molar-refractivity contribution in [2.24, 2.45) is 0 Å². The Morgan fingerprint density at radius 3 is 2.60 bits per heavy atom. The van der Waals surface area contributed by atoms with Crippen LogP contribution in [0.2, 0.25) is 0 Å². The van der Waals surface area contributed by atoms with E-state index in [9.17, 15) is 0 Å². The number of hydrogen-bond donors (Lipinski definition) is 0. The number of pyridine rings is 1. The summed E-state index contributed by atoms with van der Waals surface area (Å²) in [7, 11) is 0. The first-order valence-corrected chi connectivity index (χ1v) is 4.11. The molecule has 1 aromatic heterocycles. The summed E-state index contributed by atoms with van der Waals surface area (Å²) in [5.41, 5.74) is 2.38. The zero-order valence-electron chi connectivity index (χ0n) is 7.99. The fraction of sp³-hybridized carbons (Fsp3) is 0.182. The van der Waals surface area contributed by atoms with Crippen molar-refractivity contribution in [1.82, 2.24) is 4.98 Å². The van der Waals surface area contributed by atoms with Gasteiger partial charge in [0.25, 0.3) is 0 Å². The minimum atomic E-state index is 0. The zero-order valence-corrected chi connectivity index (χ0v) is 10.8. The molecule has 15 heavy (non-hydrogen) atoms. The Labute approximate surface area is 114 Å². The van der Waals surface area contributed by atoms with Gasteiger partial charge in [0, 0.05) is 11.9 Å². The molecule has 0 aliphatic heterocycles. The molecule has 1 aliphatic rings. The van der Waals surface area contributed by atoms with E-state index in [0.29, 0.717) is 0 Å². The normalized spacial score (nSPS) is 11.9. The van der Waals surface area contributed by atoms with E-state index in [1.165, 1.54) is 5.57 Å². The van der Waals surface area contributed by atoms with Crippen LogP contribution in [0.25, 0.3) is 0 Å². The molecule has 0 saturated carbocycles. The van der Waals surface area contributed by atoms with Gasteiger partial charge in [0.2, 0.25) is 0 Å². The Morgan fingerprint density at radius 2 is 2.07 bits per heavy atom. The molecule has 2 rings (SSSR count). The molecule has 0 unspecified atom stereocenters. The van der Waals surface area contributed by atoms with Crippen LogP contribution in [-0.4, -0.2) is 4.98 Å². The molecular formula is C11H10Cl2CrN. The van der Waals surface area contributed by atoms with Gasteiger partial charge in [0.15, 0.2) is 0 Å². The van der Waals surface area contributed by atoms with Crippen molar-refractivity contribution in [3.8, 4) is 0 Å². The topological polar surface area (TPSA) is 12.9 Å². The van der Waals surface area contributed by atoms with E-state index in [-0.39, 0.29) is 42.2 Å². The molecule has 1 aromatic rings. The molecule has 1 aliphatic carbocycles. The van der Waals surface area contributed by atoms with Crippen LogP contribution in [0.15, 0.2) is 42.1 Å². The van der Waals surface area contributed by atoms with Gasteiger partial charge in [-0.2, -0.15) is 6.08 Å². The number of aromatic nitrogens is 1. The number of hydrogen-bond acceptors (Lipinski definition) is 1. The van der Waals surface area contributed by atoms with Crippen LogP contribution in [0.5, 0.6) is 0 Å². The maximum absolute atomic E-state index is 4.25. The van der Waals surface area contributed by atoms with Crippen LogP contribution < -0.4 is 24.8 Å². The SMILES string of the molecule is [C-]1=C(Cc2ccccn2)C=CC1.[Cl-].[Cl-].[Cr+3]. The Balaban J connectivity index is 0. The average Bonchev–Trinajstić information content (AvgIpc) is 2.59. The van der Waals surface area contributed by atoms with E-state index in [1.807, 2.05) is 24.4 Å². The Morgan fingerprint density at radius 1 is 1.27 bits per heavy atom. The monoisotopic (exact) mass is 278 g/mol. The summed E-state index contributed by atoms with van der Waals surface area (Å²) >= 11 is 0. The van der Waals surface area contributed by atoms with Crippen LogP contribution in [0.4, 0.5) is 0 Å². The first kappa shape index (κ1) is 17.1. The third-order valence-electron chi connectivity index (χ3n) is 1.86. The third-order valence-corrected chi connectivity index (χ3v) is 1.86. The summed E-state index contributed by atoms with van der Waals surface area (Å²) in [6, 6.07) is 5.99. The van der Waals surface area contributed by atoms with Crippen LogP contribution in [0.1, 0.15) is 12.1 Å². The number of halogens is 2. The summed E-state index contributed by atoms with van der Waals surface area (Å²) in [5.74, 6) is 0. The van der Waals surface area contributed by atoms with Gasteiger partial charge in [-0.3, -0.25) is 11.1 Å². The molecule has 0 aromatic carbocycles. The smallest absolute Gasteiger partial charge is 1.00 e. The second-order valence-corrected chi connectivity index (χ2v) is 2.81. The van der Waals surface area contributed by atoms with Gasteiger partial charge in [-0.25, -0.2) is 11.6 Å². The minimum absolute atomic E-state index is 0. The minimum Gasteiger partial charge on any atom is -1.00 e. The van der Waals surface area contributed by atoms with Gasteiger partial charge in [0.1, 0.15) is 0 Å². The van der Waals surface area contributed by atoms with Gasteiger partial charge in [0.05, 0.1) is 0 Å². The van der Waals surface area contributed by atoms with Crippen molar-refractivity contribution >= 4 is 0 Å². The van der Waals surface area contributed by atoms with E-state index >= 15 is 0 Å². The van der Waals surface area contributed by atoms with Crippen molar-refractivity contribution in [2.45, 2.75) is 12.8 Å². The first-order valence-electron chi connectivity index (χ1n) is 4.11. The second kappa shape index (κ2) is 9.00. The van der Waals surface area contributed by atoms with E-state index in [0.717, 1.165) is 18.5 Å². The van der Waals surface area contributed by atoms with Crippen molar-refractivity contribution in [1.29, 1.82) is 0 Å². The third kappa shape index (κ3) is 5.39. The van der Waals surface area contributed by atoms with E-state index < -0.39 is 0 Å². The standard InChI is InChI=1S/C11H10N.2ClH.Cr/c1-2-6-10(5-1)9-11-7-3-4-8-12-11;;;/h1,3-5,7-8H,2,9H2;2*1H;/q-1;;;+3/p-2. The van der Waals surface area contributed by atoms with Gasteiger partial charge < -0.3 is 24.8 Å². The van der Waals surface area contributed by atoms with Crippen molar-refractivity contribution < 1.29 is 42.2 Å². The quantitative estimate of drug-likeness (QED) is 0.508. The maximum atomic E-state index is 4.25. The molecule has 79 valence electrons. The number of allylic oxidation sites excluding steroid dienone is 4. The van der Waals surface area contributed by atoms with Crippen molar-refractivity contribution in [2.75, 3.05) is 0 Å². The van der Waals surface area contributed by atoms with Crippen LogP contribution in [-0.2, 0) is 23.8 Å². The summed E-state index contributed by atoms with van der Waals surface area (Å²) < 4.78 is 0. The van der Waals surface area contributed by atoms with Gasteiger partial charge in [-0.1, -0.05) is 6.07 Å². The second-order valence-electron chi connectivity index (χ2n) is 2.81. The van der Waals surface area contributed by atoms with Crippen LogP contribution in [0.3, 0.4) is 0 Å². The zero-order chi connectivity index (χ0) is 8.23. The predicted molar refractivity (Wildman–Crippen MR) is 48.5 cm³/mol. The maximum Gasteiger partial charge on any atom is 3.00 e. The summed E-state index contributed by atoms with van der Waals surface area (Å²) in [5, 5.41) is 0. The van der Waals surface area contributed by atoms with E-state index in [4.69, 9.17) is 0 Å². The largest absolute Gasteiger partial charge is 3.00 e. The fourth-order valence-electron chi connectivity index (χ4n) is 1.27. The van der Waals surface area contributed by atoms with Gasteiger partial charge >= 0.3 is 17.4 Å². The van der Waals surface area contributed by atoms with Crippen molar-refractivity contribution in [3.63, 3.8) is 0 Å². The van der Waals surface area contributed by atoms with E-state index in [2.05, 4.69) is 23.2 Å². The average molecular weight is 279 g/mol. The van der Waals surface area contributed by atoms with Crippen molar-refractivity contribution in [3.05, 3.63) is 53.9 Å². The summed E-state index contributed by atoms with van der Waals surface area (Å²) in [6.07, 6.45) is 11.2. The van der Waals surface area contributed by atoms with Crippen LogP contribution >= 0.6 is 0 Å². The molecular weight excluding hydrogens is 269 g/mol. The summed E-state index contributed by atoms with van der Waals surface area (Å²) in [4.78, 5) is 4.25. The summed E-state index contributed by atoms with van der Waals surface area (Å²) in [6.45, 7) is 0. The first-order chi connectivity index (χ1) is 5.95. The van der Waals surface area contributed by atoms with Gasteiger partial charge in [-0.05, 0) is 18.6 Å².